The minimum Gasteiger partial charge on any atom is -0.463 e. The molecule has 2 rings (SSSR count). The van der Waals surface area contributed by atoms with Crippen LogP contribution < -0.4 is 11.2 Å². The number of hydrogen-bond donors (Lipinski definition) is 1. The molecule has 10 heteroatoms. The second-order valence-electron chi connectivity index (χ2n) is 9.75. The van der Waals surface area contributed by atoms with Gasteiger partial charge in [0.2, 0.25) is 0 Å². The van der Waals surface area contributed by atoms with E-state index in [-0.39, 0.29) is 19.4 Å². The van der Waals surface area contributed by atoms with Crippen molar-refractivity contribution >= 4 is 5.97 Å². The second-order valence-corrected chi connectivity index (χ2v) is 9.75. The quantitative estimate of drug-likeness (QED) is 0.0669. The van der Waals surface area contributed by atoms with Crippen molar-refractivity contribution in [3.05, 3.63) is 116 Å². The Morgan fingerprint density at radius 1 is 1.00 bits per heavy atom. The van der Waals surface area contributed by atoms with Crippen LogP contribution in [0.2, 0.25) is 0 Å². The molecule has 42 heavy (non-hydrogen) atoms. The number of carbonyl (C=O) groups is 1. The lowest BCUT2D eigenvalue weighted by atomic mass is 10.1. The van der Waals surface area contributed by atoms with Gasteiger partial charge in [0.05, 0.1) is 6.04 Å². The third kappa shape index (κ3) is 13.5. The molecule has 10 nitrogen and oxygen atoms in total. The topological polar surface area (TPSA) is 139 Å². The molecule has 0 saturated carbocycles. The molecule has 226 valence electrons. The van der Waals surface area contributed by atoms with Gasteiger partial charge in [-0.25, -0.2) is 4.79 Å². The van der Waals surface area contributed by atoms with E-state index < -0.39 is 35.6 Å². The van der Waals surface area contributed by atoms with Gasteiger partial charge in [0.25, 0.3) is 5.56 Å². The Hall–Kier alpha value is -4.14. The van der Waals surface area contributed by atoms with Crippen molar-refractivity contribution in [1.82, 2.24) is 9.55 Å². The van der Waals surface area contributed by atoms with E-state index in [2.05, 4.69) is 82.7 Å². The number of aromatic amines is 1. The van der Waals surface area contributed by atoms with Crippen molar-refractivity contribution in [1.29, 1.82) is 0 Å². The third-order valence-electron chi connectivity index (χ3n) is 6.38. The SMILES string of the molecule is CC/C=C/C/C=C/C/C=C/C/C=C/C/C=C/C/C=C/CCC(=O)OC[C@H]1O[C@@H](n2cc(C)c(=O)[nH]c2=O)C[C@@H]1N=[N+]=[N-]. The highest BCUT2D eigenvalue weighted by Crippen LogP contribution is 2.30. The van der Waals surface area contributed by atoms with Gasteiger partial charge >= 0.3 is 11.7 Å². The molecule has 0 aromatic carbocycles. The molecule has 3 atom stereocenters. The fraction of sp³-hybridized carbons (Fsp3) is 0.469. The molecule has 0 unspecified atom stereocenters. The molecule has 0 bridgehead atoms. The van der Waals surface area contributed by atoms with Crippen LogP contribution in [0.1, 0.15) is 76.5 Å². The van der Waals surface area contributed by atoms with Gasteiger partial charge in [0.1, 0.15) is 18.9 Å². The first-order chi connectivity index (χ1) is 20.5. The molecule has 1 N–H and O–H groups in total. The van der Waals surface area contributed by atoms with Crippen LogP contribution in [-0.4, -0.2) is 34.3 Å². The molecule has 1 saturated heterocycles. The normalized spacial score (nSPS) is 19.3. The average Bonchev–Trinajstić information content (AvgIpc) is 3.37. The maximum absolute atomic E-state index is 12.2. The van der Waals surface area contributed by atoms with Gasteiger partial charge in [-0.1, -0.05) is 85.0 Å². The van der Waals surface area contributed by atoms with Gasteiger partial charge < -0.3 is 9.47 Å². The van der Waals surface area contributed by atoms with E-state index >= 15 is 0 Å². The average molecular weight is 578 g/mol. The summed E-state index contributed by atoms with van der Waals surface area (Å²) >= 11 is 0. The molecule has 0 radical (unpaired) electrons. The highest BCUT2D eigenvalue weighted by atomic mass is 16.6. The summed E-state index contributed by atoms with van der Waals surface area (Å²) in [5, 5.41) is 3.73. The summed E-state index contributed by atoms with van der Waals surface area (Å²) in [6, 6.07) is -0.615. The van der Waals surface area contributed by atoms with E-state index in [0.717, 1.165) is 38.5 Å². The van der Waals surface area contributed by atoms with Crippen molar-refractivity contribution in [3.8, 4) is 0 Å². The van der Waals surface area contributed by atoms with Gasteiger partial charge in [-0.2, -0.15) is 0 Å². The lowest BCUT2D eigenvalue weighted by Crippen LogP contribution is -2.33. The fourth-order valence-electron chi connectivity index (χ4n) is 4.11. The Kier molecular flexibility index (Phi) is 16.8. The summed E-state index contributed by atoms with van der Waals surface area (Å²) in [6.45, 7) is 3.61. The zero-order valence-corrected chi connectivity index (χ0v) is 24.6. The summed E-state index contributed by atoms with van der Waals surface area (Å²) in [5.74, 6) is -0.390. The van der Waals surface area contributed by atoms with E-state index in [1.807, 2.05) is 12.2 Å². The molecular weight excluding hydrogens is 534 g/mol. The molecule has 0 spiro atoms. The van der Waals surface area contributed by atoms with Gasteiger partial charge in [0, 0.05) is 29.5 Å². The highest BCUT2D eigenvalue weighted by Gasteiger charge is 2.37. The largest absolute Gasteiger partial charge is 0.463 e. The Bertz CT molecular complexity index is 1310. The van der Waals surface area contributed by atoms with Crippen LogP contribution in [0.5, 0.6) is 0 Å². The van der Waals surface area contributed by atoms with Crippen LogP contribution >= 0.6 is 0 Å². The van der Waals surface area contributed by atoms with Crippen molar-refractivity contribution in [2.45, 2.75) is 90.0 Å². The summed E-state index contributed by atoms with van der Waals surface area (Å²) < 4.78 is 12.4. The Morgan fingerprint density at radius 2 is 1.55 bits per heavy atom. The maximum atomic E-state index is 12.2. The zero-order chi connectivity index (χ0) is 30.4. The number of rotatable bonds is 18. The number of H-pyrrole nitrogens is 1. The first kappa shape index (κ1) is 34.1. The monoisotopic (exact) mass is 577 g/mol. The van der Waals surface area contributed by atoms with Gasteiger partial charge in [-0.15, -0.1) is 0 Å². The molecule has 1 fully saturated rings. The van der Waals surface area contributed by atoms with Gasteiger partial charge in [-0.3, -0.25) is 19.1 Å². The van der Waals surface area contributed by atoms with E-state index in [1.54, 1.807) is 6.92 Å². The maximum Gasteiger partial charge on any atom is 0.330 e. The summed E-state index contributed by atoms with van der Waals surface area (Å²) in [5.41, 5.74) is 8.15. The van der Waals surface area contributed by atoms with Crippen LogP contribution in [0.3, 0.4) is 0 Å². The fourth-order valence-corrected chi connectivity index (χ4v) is 4.11. The van der Waals surface area contributed by atoms with E-state index in [9.17, 15) is 14.4 Å². The van der Waals surface area contributed by atoms with Crippen molar-refractivity contribution in [2.24, 2.45) is 5.11 Å². The predicted molar refractivity (Wildman–Crippen MR) is 166 cm³/mol. The molecule has 1 aromatic heterocycles. The highest BCUT2D eigenvalue weighted by molar-refractivity contribution is 5.69. The number of ether oxygens (including phenoxy) is 2. The molecule has 0 aliphatic carbocycles. The number of allylic oxidation sites excluding steroid dienone is 12. The summed E-state index contributed by atoms with van der Waals surface area (Å²) in [4.78, 5) is 41.1. The lowest BCUT2D eigenvalue weighted by Gasteiger charge is -2.16. The van der Waals surface area contributed by atoms with E-state index in [4.69, 9.17) is 15.0 Å². The van der Waals surface area contributed by atoms with Gasteiger partial charge in [0.15, 0.2) is 0 Å². The number of azide groups is 1. The van der Waals surface area contributed by atoms with Crippen molar-refractivity contribution in [3.63, 3.8) is 0 Å². The van der Waals surface area contributed by atoms with Gasteiger partial charge in [-0.05, 0) is 57.4 Å². The molecule has 1 aliphatic rings. The standard InChI is InChI=1S/C32H43N5O5/c1-3-4-5-6-7-8-9-10-11-12-13-14-15-16-17-18-19-20-21-22-30(38)41-25-28-27(35-36-33)23-29(42-28)37-24-26(2)31(39)34-32(37)40/h4-5,7-8,10-11,13-14,16-17,19-20,24,27-29H,3,6,9,12,15,18,21-23,25H2,1-2H3,(H,34,39,40)/b5-4+,8-7+,11-10+,14-13+,17-16+,20-19+/t27-,28+,29+/m0/s1. The van der Waals surface area contributed by atoms with Crippen molar-refractivity contribution < 1.29 is 14.3 Å². The van der Waals surface area contributed by atoms with Crippen molar-refractivity contribution in [2.75, 3.05) is 6.61 Å². The third-order valence-corrected chi connectivity index (χ3v) is 6.38. The number of carbonyl (C=O) groups excluding carboxylic acids is 1. The predicted octanol–water partition coefficient (Wildman–Crippen LogP) is 6.83. The number of aryl methyl sites for hydroxylation is 1. The number of aromatic nitrogens is 2. The molecule has 1 aromatic rings. The van der Waals surface area contributed by atoms with Crippen LogP contribution in [0.25, 0.3) is 10.4 Å². The number of esters is 1. The Morgan fingerprint density at radius 3 is 2.10 bits per heavy atom. The molecule has 1 aliphatic heterocycles. The summed E-state index contributed by atoms with van der Waals surface area (Å²) in [7, 11) is 0. The molecular formula is C32H43N5O5. The minimum atomic E-state index is -0.744. The van der Waals surface area contributed by atoms with Crippen LogP contribution in [0.4, 0.5) is 0 Å². The number of hydrogen-bond acceptors (Lipinski definition) is 6. The van der Waals surface area contributed by atoms with Crippen LogP contribution in [0, 0.1) is 6.92 Å². The molecule has 0 amide bonds. The summed E-state index contributed by atoms with van der Waals surface area (Å²) in [6.07, 6.45) is 32.1. The Balaban J connectivity index is 1.60. The first-order valence-corrected chi connectivity index (χ1v) is 14.5. The first-order valence-electron chi connectivity index (χ1n) is 14.5. The Labute approximate surface area is 247 Å². The van der Waals surface area contributed by atoms with Crippen LogP contribution in [0.15, 0.2) is 93.8 Å². The van der Waals surface area contributed by atoms with E-state index in [1.165, 1.54) is 10.8 Å². The van der Waals surface area contributed by atoms with Crippen LogP contribution in [-0.2, 0) is 14.3 Å². The number of nitrogens with one attached hydrogen (secondary N) is 1. The number of nitrogens with zero attached hydrogens (tertiary/aromatic N) is 4. The molecule has 2 heterocycles. The zero-order valence-electron chi connectivity index (χ0n) is 24.6. The lowest BCUT2D eigenvalue weighted by molar-refractivity contribution is -0.148. The van der Waals surface area contributed by atoms with E-state index in [0.29, 0.717) is 12.0 Å². The second kappa shape index (κ2) is 20.7. The minimum absolute atomic E-state index is 0.0974. The smallest absolute Gasteiger partial charge is 0.330 e.